The average molecular weight is 603 g/mol. The molecular weight excluding hydrogens is 560 g/mol. The van der Waals surface area contributed by atoms with Gasteiger partial charge in [-0.2, -0.15) is 4.98 Å². The lowest BCUT2D eigenvalue weighted by atomic mass is 9.93. The van der Waals surface area contributed by atoms with Crippen LogP contribution in [0.1, 0.15) is 73.9 Å². The molecule has 8 nitrogen and oxygen atoms in total. The molecular formula is C34H42N4O4S. The standard InChI is InChI=1S/C34H42N4O4S/c1-21(2)17-27-20-42-31-19-30(32-22(3)7-5-8-23(32)4)35-34(36-31)37-43(40,41)28-10-6-9-26(18-28)33(39)38(27)16-15-29(24-11-12-24)25-13-14-25/h5-10,18-19,21,24-25,27,29H,11-17,20H2,1-4H3,(H,35,36,37)/t27-/m1/s1. The number of hydrogen-bond acceptors (Lipinski definition) is 6. The number of aryl methyl sites for hydroxylation is 2. The van der Waals surface area contributed by atoms with Crippen molar-refractivity contribution in [2.45, 2.75) is 77.2 Å². The Morgan fingerprint density at radius 2 is 1.65 bits per heavy atom. The predicted octanol–water partition coefficient (Wildman–Crippen LogP) is 6.64. The summed E-state index contributed by atoms with van der Waals surface area (Å²) in [6, 6.07) is 13.8. The first-order valence-corrected chi connectivity index (χ1v) is 17.1. The SMILES string of the molecule is Cc1cccc(C)c1-c1cc2nc(n1)NS(=O)(=O)c1cccc(c1)C(=O)N(CCC(C1CC1)C1CC1)[C@H](CC(C)C)CO2. The first-order valence-electron chi connectivity index (χ1n) is 15.6. The van der Waals surface area contributed by atoms with E-state index in [4.69, 9.17) is 4.74 Å². The van der Waals surface area contributed by atoms with Gasteiger partial charge in [0.05, 0.1) is 16.6 Å². The van der Waals surface area contributed by atoms with Crippen LogP contribution in [0, 0.1) is 37.5 Å². The molecule has 0 saturated heterocycles. The number of hydrogen-bond donors (Lipinski definition) is 1. The molecule has 1 aliphatic heterocycles. The molecule has 2 fully saturated rings. The minimum absolute atomic E-state index is 0.00432. The molecule has 1 N–H and O–H groups in total. The van der Waals surface area contributed by atoms with Crippen molar-refractivity contribution < 1.29 is 17.9 Å². The van der Waals surface area contributed by atoms with Crippen LogP contribution in [-0.2, 0) is 10.0 Å². The summed E-state index contributed by atoms with van der Waals surface area (Å²) in [5, 5.41) is 0. The van der Waals surface area contributed by atoms with E-state index in [0.717, 1.165) is 41.4 Å². The first-order chi connectivity index (χ1) is 20.6. The monoisotopic (exact) mass is 602 g/mol. The second-order valence-electron chi connectivity index (χ2n) is 13.0. The molecule has 1 atom stereocenters. The van der Waals surface area contributed by atoms with Gasteiger partial charge in [0.1, 0.15) is 6.61 Å². The number of nitrogens with one attached hydrogen (secondary N) is 1. The van der Waals surface area contributed by atoms with Gasteiger partial charge in [-0.3, -0.25) is 4.79 Å². The number of fused-ring (bicyclic) bond motifs is 4. The van der Waals surface area contributed by atoms with Gasteiger partial charge in [-0.15, -0.1) is 0 Å². The van der Waals surface area contributed by atoms with E-state index in [-0.39, 0.29) is 35.3 Å². The van der Waals surface area contributed by atoms with Crippen LogP contribution in [0.4, 0.5) is 5.95 Å². The molecule has 228 valence electrons. The van der Waals surface area contributed by atoms with Crippen LogP contribution in [0.2, 0.25) is 0 Å². The molecule has 9 heteroatoms. The zero-order valence-electron chi connectivity index (χ0n) is 25.5. The van der Waals surface area contributed by atoms with Gasteiger partial charge < -0.3 is 9.64 Å². The Balaban J connectivity index is 1.43. The lowest BCUT2D eigenvalue weighted by Crippen LogP contribution is -2.45. The maximum Gasteiger partial charge on any atom is 0.264 e. The van der Waals surface area contributed by atoms with Crippen LogP contribution in [0.25, 0.3) is 11.3 Å². The number of anilines is 1. The van der Waals surface area contributed by atoms with E-state index in [0.29, 0.717) is 29.6 Å². The van der Waals surface area contributed by atoms with Crippen LogP contribution >= 0.6 is 0 Å². The van der Waals surface area contributed by atoms with E-state index >= 15 is 0 Å². The average Bonchev–Trinajstić information content (AvgIpc) is 3.88. The smallest absolute Gasteiger partial charge is 0.264 e. The van der Waals surface area contributed by atoms with Crippen molar-refractivity contribution in [2.24, 2.45) is 23.7 Å². The molecule has 6 rings (SSSR count). The lowest BCUT2D eigenvalue weighted by molar-refractivity contribution is 0.0552. The van der Waals surface area contributed by atoms with Crippen molar-refractivity contribution in [3.8, 4) is 17.1 Å². The molecule has 2 aromatic carbocycles. The van der Waals surface area contributed by atoms with Crippen molar-refractivity contribution >= 4 is 21.9 Å². The summed E-state index contributed by atoms with van der Waals surface area (Å²) in [7, 11) is -4.08. The fraction of sp³-hybridized carbons (Fsp3) is 0.500. The topological polar surface area (TPSA) is 101 Å². The van der Waals surface area contributed by atoms with Crippen molar-refractivity contribution in [1.29, 1.82) is 0 Å². The fourth-order valence-electron chi connectivity index (χ4n) is 6.69. The maximum atomic E-state index is 14.2. The van der Waals surface area contributed by atoms with Crippen LogP contribution in [-0.4, -0.2) is 48.4 Å². The van der Waals surface area contributed by atoms with Crippen molar-refractivity contribution in [2.75, 3.05) is 17.9 Å². The number of carbonyl (C=O) groups excluding carboxylic acids is 1. The van der Waals surface area contributed by atoms with E-state index in [2.05, 4.69) is 28.5 Å². The van der Waals surface area contributed by atoms with Gasteiger partial charge in [-0.25, -0.2) is 18.1 Å². The molecule has 1 amide bonds. The summed E-state index contributed by atoms with van der Waals surface area (Å²) < 4.78 is 36.1. The summed E-state index contributed by atoms with van der Waals surface area (Å²) in [4.78, 5) is 25.3. The second-order valence-corrected chi connectivity index (χ2v) is 14.7. The number of nitrogens with zero attached hydrogens (tertiary/aromatic N) is 3. The molecule has 2 aliphatic carbocycles. The first kappa shape index (κ1) is 29.6. The van der Waals surface area contributed by atoms with Gasteiger partial charge in [-0.05, 0) is 105 Å². The predicted molar refractivity (Wildman–Crippen MR) is 168 cm³/mol. The van der Waals surface area contributed by atoms with Crippen LogP contribution in [0.15, 0.2) is 53.4 Å². The van der Waals surface area contributed by atoms with Gasteiger partial charge >= 0.3 is 0 Å². The van der Waals surface area contributed by atoms with E-state index < -0.39 is 10.0 Å². The summed E-state index contributed by atoms with van der Waals surface area (Å²) in [5.74, 6) is 2.57. The largest absolute Gasteiger partial charge is 0.475 e. The van der Waals surface area contributed by atoms with Crippen molar-refractivity contribution in [3.63, 3.8) is 0 Å². The van der Waals surface area contributed by atoms with Crippen molar-refractivity contribution in [3.05, 3.63) is 65.2 Å². The van der Waals surface area contributed by atoms with E-state index in [1.807, 2.05) is 36.9 Å². The molecule has 3 aromatic rings. The number of sulfonamides is 1. The summed E-state index contributed by atoms with van der Waals surface area (Å²) >= 11 is 0. The molecule has 0 unspecified atom stereocenters. The number of ether oxygens (including phenoxy) is 1. The molecule has 3 aliphatic rings. The molecule has 4 bridgehead atoms. The quantitative estimate of drug-likeness (QED) is 0.310. The third-order valence-corrected chi connectivity index (χ3v) is 10.4. The maximum absolute atomic E-state index is 14.2. The molecule has 1 aromatic heterocycles. The zero-order valence-corrected chi connectivity index (χ0v) is 26.4. The van der Waals surface area contributed by atoms with Gasteiger partial charge in [0.25, 0.3) is 15.9 Å². The Morgan fingerprint density at radius 3 is 2.30 bits per heavy atom. The summed E-state index contributed by atoms with van der Waals surface area (Å²) in [5.41, 5.74) is 3.86. The van der Waals surface area contributed by atoms with Gasteiger partial charge in [0.15, 0.2) is 0 Å². The lowest BCUT2D eigenvalue weighted by Gasteiger charge is -2.34. The Bertz CT molecular complexity index is 1580. The van der Waals surface area contributed by atoms with Gasteiger partial charge in [0, 0.05) is 23.7 Å². The minimum Gasteiger partial charge on any atom is -0.475 e. The number of benzene rings is 2. The highest BCUT2D eigenvalue weighted by Gasteiger charge is 2.41. The van der Waals surface area contributed by atoms with Gasteiger partial charge in [0.2, 0.25) is 11.8 Å². The van der Waals surface area contributed by atoms with E-state index in [1.54, 1.807) is 18.2 Å². The van der Waals surface area contributed by atoms with E-state index in [1.165, 1.54) is 37.8 Å². The molecule has 43 heavy (non-hydrogen) atoms. The summed E-state index contributed by atoms with van der Waals surface area (Å²) in [6.07, 6.45) is 6.88. The highest BCUT2D eigenvalue weighted by molar-refractivity contribution is 7.92. The fourth-order valence-corrected chi connectivity index (χ4v) is 7.68. The van der Waals surface area contributed by atoms with Gasteiger partial charge in [-0.1, -0.05) is 38.1 Å². The number of rotatable bonds is 8. The highest BCUT2D eigenvalue weighted by atomic mass is 32.2. The Labute approximate surface area is 255 Å². The Kier molecular flexibility index (Phi) is 8.20. The van der Waals surface area contributed by atoms with Crippen molar-refractivity contribution in [1.82, 2.24) is 14.9 Å². The molecule has 0 radical (unpaired) electrons. The minimum atomic E-state index is -4.08. The molecule has 2 saturated carbocycles. The third kappa shape index (κ3) is 6.71. The molecule has 0 spiro atoms. The number of aromatic nitrogens is 2. The summed E-state index contributed by atoms with van der Waals surface area (Å²) in [6.45, 7) is 9.18. The van der Waals surface area contributed by atoms with Crippen LogP contribution in [0.3, 0.4) is 0 Å². The highest BCUT2D eigenvalue weighted by Crippen LogP contribution is 2.50. The molecule has 2 heterocycles. The number of amides is 1. The zero-order chi connectivity index (χ0) is 30.3. The van der Waals surface area contributed by atoms with E-state index in [9.17, 15) is 13.2 Å². The Hall–Kier alpha value is -3.46. The normalized spacial score (nSPS) is 20.2. The second kappa shape index (κ2) is 11.9. The number of carbonyl (C=O) groups is 1. The third-order valence-electron chi connectivity index (χ3n) is 9.08. The Morgan fingerprint density at radius 1 is 0.977 bits per heavy atom. The van der Waals surface area contributed by atoms with Crippen LogP contribution < -0.4 is 9.46 Å². The van der Waals surface area contributed by atoms with Crippen LogP contribution in [0.5, 0.6) is 5.88 Å².